The standard InChI is InChI=1S/C22H22FN3O3S/c23-19-8-5-17(6-9-19)21-11-12-22(26-25-21)29-14-13-24-30(27,28)20-10-7-16-3-1-2-4-18(16)15-20/h5-12,15,24H,1-4,13-14H2. The lowest BCUT2D eigenvalue weighted by molar-refractivity contribution is 0.307. The summed E-state index contributed by atoms with van der Waals surface area (Å²) in [5.74, 6) is -0.0293. The number of nitrogens with one attached hydrogen (secondary N) is 1. The van der Waals surface area contributed by atoms with Crippen LogP contribution in [0.5, 0.6) is 5.88 Å². The van der Waals surface area contributed by atoms with Crippen molar-refractivity contribution in [3.05, 3.63) is 71.5 Å². The van der Waals surface area contributed by atoms with Gasteiger partial charge in [0.15, 0.2) is 0 Å². The minimum Gasteiger partial charge on any atom is -0.475 e. The van der Waals surface area contributed by atoms with Gasteiger partial charge < -0.3 is 4.74 Å². The molecule has 0 fully saturated rings. The zero-order chi connectivity index (χ0) is 21.0. The monoisotopic (exact) mass is 427 g/mol. The van der Waals surface area contributed by atoms with E-state index < -0.39 is 10.0 Å². The molecular formula is C22H22FN3O3S. The maximum absolute atomic E-state index is 13.0. The Hall–Kier alpha value is -2.84. The molecule has 1 aliphatic carbocycles. The molecule has 0 saturated carbocycles. The molecule has 0 aliphatic heterocycles. The highest BCUT2D eigenvalue weighted by molar-refractivity contribution is 7.89. The van der Waals surface area contributed by atoms with Crippen molar-refractivity contribution in [2.24, 2.45) is 0 Å². The first-order valence-electron chi connectivity index (χ1n) is 9.85. The van der Waals surface area contributed by atoms with Gasteiger partial charge in [0, 0.05) is 18.2 Å². The van der Waals surface area contributed by atoms with Crippen LogP contribution in [0, 0.1) is 5.82 Å². The van der Waals surface area contributed by atoms with E-state index in [9.17, 15) is 12.8 Å². The third kappa shape index (κ3) is 4.83. The largest absolute Gasteiger partial charge is 0.475 e. The lowest BCUT2D eigenvalue weighted by Crippen LogP contribution is -2.28. The average molecular weight is 428 g/mol. The Labute approximate surface area is 175 Å². The first kappa shape index (κ1) is 20.4. The predicted octanol–water partition coefficient (Wildman–Crippen LogP) is 3.52. The van der Waals surface area contributed by atoms with Gasteiger partial charge in [-0.15, -0.1) is 10.2 Å². The van der Waals surface area contributed by atoms with Crippen molar-refractivity contribution in [2.45, 2.75) is 30.6 Å². The van der Waals surface area contributed by atoms with Crippen LogP contribution in [0.3, 0.4) is 0 Å². The zero-order valence-corrected chi connectivity index (χ0v) is 17.2. The molecule has 1 aliphatic rings. The van der Waals surface area contributed by atoms with E-state index in [-0.39, 0.29) is 29.7 Å². The highest BCUT2D eigenvalue weighted by Crippen LogP contribution is 2.24. The topological polar surface area (TPSA) is 81.2 Å². The molecule has 1 N–H and O–H groups in total. The summed E-state index contributed by atoms with van der Waals surface area (Å²) in [4.78, 5) is 0.284. The van der Waals surface area contributed by atoms with E-state index in [1.54, 1.807) is 36.4 Å². The van der Waals surface area contributed by atoms with Gasteiger partial charge in [0.05, 0.1) is 10.6 Å². The lowest BCUT2D eigenvalue weighted by atomic mass is 9.92. The minimum atomic E-state index is -3.59. The molecular weight excluding hydrogens is 405 g/mol. The van der Waals surface area contributed by atoms with Gasteiger partial charge >= 0.3 is 0 Å². The second-order valence-electron chi connectivity index (χ2n) is 7.15. The average Bonchev–Trinajstić information content (AvgIpc) is 2.77. The van der Waals surface area contributed by atoms with Crippen LogP contribution in [0.15, 0.2) is 59.5 Å². The molecule has 0 spiro atoms. The van der Waals surface area contributed by atoms with Crippen molar-refractivity contribution in [1.82, 2.24) is 14.9 Å². The Balaban J connectivity index is 1.30. The number of hydrogen-bond donors (Lipinski definition) is 1. The van der Waals surface area contributed by atoms with Crippen molar-refractivity contribution in [1.29, 1.82) is 0 Å². The molecule has 4 rings (SSSR count). The fraction of sp³-hybridized carbons (Fsp3) is 0.273. The Bertz CT molecular complexity index is 1120. The molecule has 6 nitrogen and oxygen atoms in total. The summed E-state index contributed by atoms with van der Waals surface area (Å²) >= 11 is 0. The van der Waals surface area contributed by atoms with Crippen LogP contribution in [-0.4, -0.2) is 31.8 Å². The summed E-state index contributed by atoms with van der Waals surface area (Å²) in [5, 5.41) is 8.03. The van der Waals surface area contributed by atoms with Crippen molar-refractivity contribution in [2.75, 3.05) is 13.2 Å². The van der Waals surface area contributed by atoms with Crippen LogP contribution < -0.4 is 9.46 Å². The maximum Gasteiger partial charge on any atom is 0.240 e. The van der Waals surface area contributed by atoms with Gasteiger partial charge in [-0.2, -0.15) is 0 Å². The molecule has 3 aromatic rings. The van der Waals surface area contributed by atoms with E-state index in [1.807, 2.05) is 6.07 Å². The van der Waals surface area contributed by atoms with Gasteiger partial charge in [-0.3, -0.25) is 0 Å². The number of hydrogen-bond acceptors (Lipinski definition) is 5. The number of aryl methyl sites for hydroxylation is 2. The van der Waals surface area contributed by atoms with Crippen molar-refractivity contribution in [3.8, 4) is 17.1 Å². The third-order valence-corrected chi connectivity index (χ3v) is 6.51. The minimum absolute atomic E-state index is 0.112. The van der Waals surface area contributed by atoms with E-state index in [4.69, 9.17) is 4.74 Å². The molecule has 0 unspecified atom stereocenters. The van der Waals surface area contributed by atoms with Gasteiger partial charge in [0.25, 0.3) is 0 Å². The van der Waals surface area contributed by atoms with Gasteiger partial charge in [-0.1, -0.05) is 6.07 Å². The fourth-order valence-electron chi connectivity index (χ4n) is 3.46. The van der Waals surface area contributed by atoms with Gasteiger partial charge in [0.2, 0.25) is 15.9 Å². The number of ether oxygens (including phenoxy) is 1. The summed E-state index contributed by atoms with van der Waals surface area (Å²) < 4.78 is 46.1. The van der Waals surface area contributed by atoms with E-state index >= 15 is 0 Å². The number of aromatic nitrogens is 2. The molecule has 0 bridgehead atoms. The number of rotatable bonds is 7. The Kier molecular flexibility index (Phi) is 6.06. The number of nitrogens with zero attached hydrogens (tertiary/aromatic N) is 2. The first-order valence-corrected chi connectivity index (χ1v) is 11.3. The Morgan fingerprint density at radius 1 is 0.933 bits per heavy atom. The highest BCUT2D eigenvalue weighted by atomic mass is 32.2. The first-order chi connectivity index (χ1) is 14.5. The summed E-state index contributed by atoms with van der Waals surface area (Å²) in [6.45, 7) is 0.232. The number of benzene rings is 2. The molecule has 0 saturated heterocycles. The number of fused-ring (bicyclic) bond motifs is 1. The quantitative estimate of drug-likeness (QED) is 0.584. The summed E-state index contributed by atoms with van der Waals surface area (Å²) in [6, 6.07) is 14.7. The van der Waals surface area contributed by atoms with Gasteiger partial charge in [-0.25, -0.2) is 17.5 Å². The Morgan fingerprint density at radius 3 is 2.43 bits per heavy atom. The molecule has 1 aromatic heterocycles. The zero-order valence-electron chi connectivity index (χ0n) is 16.3. The maximum atomic E-state index is 13.0. The fourth-order valence-corrected chi connectivity index (χ4v) is 4.53. The molecule has 1 heterocycles. The van der Waals surface area contributed by atoms with Crippen LogP contribution in [0.25, 0.3) is 11.3 Å². The second-order valence-corrected chi connectivity index (χ2v) is 8.91. The predicted molar refractivity (Wildman–Crippen MR) is 111 cm³/mol. The Morgan fingerprint density at radius 2 is 1.70 bits per heavy atom. The SMILES string of the molecule is O=S(=O)(NCCOc1ccc(-c2ccc(F)cc2)nn1)c1ccc2c(c1)CCCC2. The van der Waals surface area contributed by atoms with Gasteiger partial charge in [-0.05, 0) is 79.3 Å². The number of halogens is 1. The third-order valence-electron chi connectivity index (χ3n) is 5.05. The highest BCUT2D eigenvalue weighted by Gasteiger charge is 2.17. The number of sulfonamides is 1. The van der Waals surface area contributed by atoms with E-state index in [2.05, 4.69) is 14.9 Å². The normalized spacial score (nSPS) is 13.6. The van der Waals surface area contributed by atoms with Gasteiger partial charge in [0.1, 0.15) is 12.4 Å². The molecule has 30 heavy (non-hydrogen) atoms. The van der Waals surface area contributed by atoms with Crippen LogP contribution in [0.2, 0.25) is 0 Å². The second kappa shape index (κ2) is 8.89. The van der Waals surface area contributed by atoms with Crippen LogP contribution in [-0.2, 0) is 22.9 Å². The molecule has 156 valence electrons. The molecule has 0 atom stereocenters. The van der Waals surface area contributed by atoms with Crippen molar-refractivity contribution in [3.63, 3.8) is 0 Å². The van der Waals surface area contributed by atoms with E-state index in [1.165, 1.54) is 17.7 Å². The molecule has 2 aromatic carbocycles. The van der Waals surface area contributed by atoms with Crippen LogP contribution >= 0.6 is 0 Å². The van der Waals surface area contributed by atoms with Crippen molar-refractivity contribution >= 4 is 10.0 Å². The van der Waals surface area contributed by atoms with Crippen LogP contribution in [0.1, 0.15) is 24.0 Å². The van der Waals surface area contributed by atoms with E-state index in [0.29, 0.717) is 5.69 Å². The van der Waals surface area contributed by atoms with Crippen LogP contribution in [0.4, 0.5) is 4.39 Å². The molecule has 0 amide bonds. The molecule has 8 heteroatoms. The molecule has 0 radical (unpaired) electrons. The summed E-state index contributed by atoms with van der Waals surface area (Å²) in [6.07, 6.45) is 4.19. The van der Waals surface area contributed by atoms with Crippen molar-refractivity contribution < 1.29 is 17.5 Å². The summed E-state index contributed by atoms with van der Waals surface area (Å²) in [7, 11) is -3.59. The summed E-state index contributed by atoms with van der Waals surface area (Å²) in [5.41, 5.74) is 3.70. The lowest BCUT2D eigenvalue weighted by Gasteiger charge is -2.16. The smallest absolute Gasteiger partial charge is 0.240 e. The van der Waals surface area contributed by atoms with E-state index in [0.717, 1.165) is 36.8 Å².